The minimum atomic E-state index is -0.619. The zero-order chi connectivity index (χ0) is 13.5. The van der Waals surface area contributed by atoms with E-state index >= 15 is 0 Å². The molecule has 1 rings (SSSR count). The third-order valence-corrected chi connectivity index (χ3v) is 2.62. The second-order valence-corrected chi connectivity index (χ2v) is 4.17. The highest BCUT2D eigenvalue weighted by molar-refractivity contribution is 6.32. The van der Waals surface area contributed by atoms with Gasteiger partial charge in [-0.05, 0) is 24.6 Å². The van der Waals surface area contributed by atoms with Gasteiger partial charge in [0, 0.05) is 13.1 Å². The molecule has 0 aromatic heterocycles. The quantitative estimate of drug-likeness (QED) is 0.774. The van der Waals surface area contributed by atoms with Gasteiger partial charge in [-0.15, -0.1) is 6.58 Å². The third kappa shape index (κ3) is 4.05. The maximum absolute atomic E-state index is 11.6. The van der Waals surface area contributed by atoms with Crippen molar-refractivity contribution in [2.45, 2.75) is 19.6 Å². The number of halogens is 1. The average molecular weight is 269 g/mol. The molecule has 5 heteroatoms. The molecule has 1 amide bonds. The van der Waals surface area contributed by atoms with Gasteiger partial charge in [-0.25, -0.2) is 0 Å². The summed E-state index contributed by atoms with van der Waals surface area (Å²) in [5.74, 6) is 0.254. The number of rotatable bonds is 6. The van der Waals surface area contributed by atoms with Crippen LogP contribution >= 0.6 is 11.6 Å². The van der Waals surface area contributed by atoms with Gasteiger partial charge >= 0.3 is 0 Å². The second-order valence-electron chi connectivity index (χ2n) is 3.76. The van der Waals surface area contributed by atoms with Crippen LogP contribution in [0, 0.1) is 0 Å². The summed E-state index contributed by atoms with van der Waals surface area (Å²) in [6.07, 6.45) is 0.986. The maximum Gasteiger partial charge on any atom is 0.261 e. The summed E-state index contributed by atoms with van der Waals surface area (Å²) in [6.45, 7) is 6.00. The minimum absolute atomic E-state index is 0.214. The second kappa shape index (κ2) is 7.03. The molecule has 0 saturated carbocycles. The van der Waals surface area contributed by atoms with Crippen molar-refractivity contribution in [2.75, 3.05) is 6.54 Å². The SMILES string of the molecule is C=CCNC(=O)C(C)Oc1ccc(CN)cc1Cl. The first kappa shape index (κ1) is 14.5. The van der Waals surface area contributed by atoms with Crippen LogP contribution in [0.2, 0.25) is 5.02 Å². The van der Waals surface area contributed by atoms with Crippen molar-refractivity contribution >= 4 is 17.5 Å². The Labute approximate surface area is 112 Å². The van der Waals surface area contributed by atoms with E-state index in [1.165, 1.54) is 0 Å². The van der Waals surface area contributed by atoms with Crippen LogP contribution in [0.3, 0.4) is 0 Å². The van der Waals surface area contributed by atoms with Crippen LogP contribution in [0.25, 0.3) is 0 Å². The number of hydrogen-bond donors (Lipinski definition) is 2. The van der Waals surface area contributed by atoms with E-state index < -0.39 is 6.10 Å². The summed E-state index contributed by atoms with van der Waals surface area (Å²) in [5, 5.41) is 3.09. The third-order valence-electron chi connectivity index (χ3n) is 2.33. The predicted octanol–water partition coefficient (Wildman–Crippen LogP) is 1.87. The van der Waals surface area contributed by atoms with E-state index in [1.807, 2.05) is 6.07 Å². The van der Waals surface area contributed by atoms with Gasteiger partial charge in [-0.1, -0.05) is 23.7 Å². The van der Waals surface area contributed by atoms with Gasteiger partial charge in [-0.3, -0.25) is 4.79 Å². The summed E-state index contributed by atoms with van der Waals surface area (Å²) >= 11 is 6.03. The number of carbonyl (C=O) groups is 1. The van der Waals surface area contributed by atoms with Gasteiger partial charge < -0.3 is 15.8 Å². The monoisotopic (exact) mass is 268 g/mol. The van der Waals surface area contributed by atoms with Crippen molar-refractivity contribution in [3.05, 3.63) is 41.4 Å². The standard InChI is InChI=1S/C13H17ClN2O2/c1-3-6-16-13(17)9(2)18-12-5-4-10(8-15)7-11(12)14/h3-5,7,9H,1,6,8,15H2,2H3,(H,16,17). The zero-order valence-corrected chi connectivity index (χ0v) is 11.0. The Morgan fingerprint density at radius 1 is 1.67 bits per heavy atom. The fourth-order valence-electron chi connectivity index (χ4n) is 1.33. The van der Waals surface area contributed by atoms with Crippen molar-refractivity contribution < 1.29 is 9.53 Å². The fourth-order valence-corrected chi connectivity index (χ4v) is 1.58. The molecule has 4 nitrogen and oxygen atoms in total. The summed E-state index contributed by atoms with van der Waals surface area (Å²) in [5.41, 5.74) is 6.41. The van der Waals surface area contributed by atoms with Crippen LogP contribution in [-0.2, 0) is 11.3 Å². The number of amides is 1. The van der Waals surface area contributed by atoms with Crippen molar-refractivity contribution in [3.63, 3.8) is 0 Å². The minimum Gasteiger partial charge on any atom is -0.479 e. The highest BCUT2D eigenvalue weighted by atomic mass is 35.5. The van der Waals surface area contributed by atoms with Crippen LogP contribution in [-0.4, -0.2) is 18.6 Å². The first-order valence-corrected chi connectivity index (χ1v) is 6.00. The topological polar surface area (TPSA) is 64.3 Å². The van der Waals surface area contributed by atoms with Crippen LogP contribution in [0.5, 0.6) is 5.75 Å². The lowest BCUT2D eigenvalue weighted by molar-refractivity contribution is -0.127. The van der Waals surface area contributed by atoms with Crippen LogP contribution in [0.1, 0.15) is 12.5 Å². The molecule has 1 aromatic rings. The van der Waals surface area contributed by atoms with E-state index in [4.69, 9.17) is 22.1 Å². The van der Waals surface area contributed by atoms with E-state index in [0.29, 0.717) is 23.9 Å². The molecule has 0 fully saturated rings. The number of nitrogens with one attached hydrogen (secondary N) is 1. The van der Waals surface area contributed by atoms with Crippen molar-refractivity contribution in [2.24, 2.45) is 5.73 Å². The highest BCUT2D eigenvalue weighted by Gasteiger charge is 2.15. The van der Waals surface area contributed by atoms with Gasteiger partial charge in [0.25, 0.3) is 5.91 Å². The Bertz CT molecular complexity index is 435. The molecule has 0 saturated heterocycles. The fraction of sp³-hybridized carbons (Fsp3) is 0.308. The molecule has 18 heavy (non-hydrogen) atoms. The average Bonchev–Trinajstić information content (AvgIpc) is 2.38. The Morgan fingerprint density at radius 2 is 2.39 bits per heavy atom. The number of benzene rings is 1. The lowest BCUT2D eigenvalue weighted by Gasteiger charge is -2.15. The molecule has 0 aliphatic rings. The molecule has 1 aromatic carbocycles. The summed E-state index contributed by atoms with van der Waals surface area (Å²) < 4.78 is 5.48. The molecular formula is C13H17ClN2O2. The molecule has 0 bridgehead atoms. The van der Waals surface area contributed by atoms with E-state index in [1.54, 1.807) is 25.1 Å². The van der Waals surface area contributed by atoms with Gasteiger partial charge in [0.05, 0.1) is 5.02 Å². The number of carbonyl (C=O) groups excluding carboxylic acids is 1. The molecule has 1 atom stereocenters. The Hall–Kier alpha value is -1.52. The number of ether oxygens (including phenoxy) is 1. The molecule has 1 unspecified atom stereocenters. The summed E-state index contributed by atoms with van der Waals surface area (Å²) in [4.78, 5) is 11.6. The lowest BCUT2D eigenvalue weighted by atomic mass is 10.2. The molecule has 3 N–H and O–H groups in total. The smallest absolute Gasteiger partial charge is 0.261 e. The molecule has 0 heterocycles. The van der Waals surface area contributed by atoms with E-state index in [9.17, 15) is 4.79 Å². The molecular weight excluding hydrogens is 252 g/mol. The predicted molar refractivity (Wildman–Crippen MR) is 72.6 cm³/mol. The van der Waals surface area contributed by atoms with E-state index in [2.05, 4.69) is 11.9 Å². The maximum atomic E-state index is 11.6. The van der Waals surface area contributed by atoms with Crippen molar-refractivity contribution in [1.29, 1.82) is 0 Å². The molecule has 0 spiro atoms. The highest BCUT2D eigenvalue weighted by Crippen LogP contribution is 2.26. The van der Waals surface area contributed by atoms with Crippen molar-refractivity contribution in [3.8, 4) is 5.75 Å². The number of hydrogen-bond acceptors (Lipinski definition) is 3. The van der Waals surface area contributed by atoms with Gasteiger partial charge in [0.15, 0.2) is 6.10 Å². The Morgan fingerprint density at radius 3 is 2.94 bits per heavy atom. The Kier molecular flexibility index (Phi) is 5.68. The molecule has 0 aliphatic heterocycles. The zero-order valence-electron chi connectivity index (χ0n) is 10.3. The normalized spacial score (nSPS) is 11.7. The summed E-state index contributed by atoms with van der Waals surface area (Å²) in [6, 6.07) is 5.25. The van der Waals surface area contributed by atoms with E-state index in [0.717, 1.165) is 5.56 Å². The van der Waals surface area contributed by atoms with Crippen LogP contribution < -0.4 is 15.8 Å². The van der Waals surface area contributed by atoms with Crippen molar-refractivity contribution in [1.82, 2.24) is 5.32 Å². The van der Waals surface area contributed by atoms with Gasteiger partial charge in [-0.2, -0.15) is 0 Å². The Balaban J connectivity index is 2.66. The molecule has 0 aliphatic carbocycles. The van der Waals surface area contributed by atoms with E-state index in [-0.39, 0.29) is 5.91 Å². The first-order valence-electron chi connectivity index (χ1n) is 5.62. The summed E-state index contributed by atoms with van der Waals surface area (Å²) in [7, 11) is 0. The molecule has 0 radical (unpaired) electrons. The lowest BCUT2D eigenvalue weighted by Crippen LogP contribution is -2.36. The largest absolute Gasteiger partial charge is 0.479 e. The van der Waals surface area contributed by atoms with Gasteiger partial charge in [0.2, 0.25) is 0 Å². The van der Waals surface area contributed by atoms with Crippen LogP contribution in [0.15, 0.2) is 30.9 Å². The van der Waals surface area contributed by atoms with Gasteiger partial charge in [0.1, 0.15) is 5.75 Å². The van der Waals surface area contributed by atoms with Crippen LogP contribution in [0.4, 0.5) is 0 Å². The molecule has 98 valence electrons. The number of nitrogens with two attached hydrogens (primary N) is 1. The first-order chi connectivity index (χ1) is 8.58.